The molecule has 0 N–H and O–H groups in total. The fourth-order valence-corrected chi connectivity index (χ4v) is 0. The first-order chi connectivity index (χ1) is 2.94. The van der Waals surface area contributed by atoms with E-state index in [-0.39, 0.29) is 0 Å². The molecule has 0 aliphatic carbocycles. The van der Waals surface area contributed by atoms with Gasteiger partial charge in [-0.2, -0.15) is 0 Å². The molecule has 0 rings (SSSR count). The van der Waals surface area contributed by atoms with Crippen LogP contribution in [-0.2, 0) is 4.57 Å². The molecule has 0 fully saturated rings. The second-order valence-corrected chi connectivity index (χ2v) is 7.35. The van der Waals surface area contributed by atoms with E-state index in [0.29, 0.717) is 0 Å². The third-order valence-corrected chi connectivity index (χ3v) is 4.42. The van der Waals surface area contributed by atoms with Gasteiger partial charge in [-0.1, -0.05) is 0 Å². The number of alkyl halides is 1. The third kappa shape index (κ3) is 3.66. The number of rotatable bonds is 1. The van der Waals surface area contributed by atoms with Gasteiger partial charge in [0.15, 0.2) is 0 Å². The minimum atomic E-state index is -3.03. The Kier molecular flexibility index (Phi) is 3.00. The molecule has 0 aromatic rings. The molecule has 0 radical (unpaired) electrons. The second-order valence-electron chi connectivity index (χ2n) is 1.08. The largest absolute Gasteiger partial charge is 0.288 e. The van der Waals surface area contributed by atoms with Crippen LogP contribution in [0.4, 0.5) is 0 Å². The zero-order valence-electron chi connectivity index (χ0n) is 3.57. The lowest BCUT2D eigenvalue weighted by Crippen LogP contribution is -1.78. The van der Waals surface area contributed by atoms with Crippen molar-refractivity contribution in [2.24, 2.45) is 0 Å². The summed E-state index contributed by atoms with van der Waals surface area (Å²) in [7, 11) is 0. The van der Waals surface area contributed by atoms with Gasteiger partial charge in [0.05, 0.1) is 0 Å². The Morgan fingerprint density at radius 1 is 1.57 bits per heavy atom. The third-order valence-electron chi connectivity index (χ3n) is 0.414. The molecule has 0 amide bonds. The molecule has 5 heteroatoms. The van der Waals surface area contributed by atoms with Gasteiger partial charge in [0.25, 0.3) is 5.85 Å². The predicted octanol–water partition coefficient (Wildman–Crippen LogP) is 3.24. The van der Waals surface area contributed by atoms with Crippen molar-refractivity contribution in [3.05, 3.63) is 0 Å². The van der Waals surface area contributed by atoms with Crippen LogP contribution in [0, 0.1) is 0 Å². The average Bonchev–Trinajstić information content (AvgIpc) is 1.31. The summed E-state index contributed by atoms with van der Waals surface area (Å²) in [6, 6.07) is 0. The molecule has 0 aliphatic heterocycles. The van der Waals surface area contributed by atoms with Crippen molar-refractivity contribution in [2.75, 3.05) is 0 Å². The van der Waals surface area contributed by atoms with Crippen molar-refractivity contribution in [2.45, 2.75) is 12.0 Å². The van der Waals surface area contributed by atoms with Crippen LogP contribution in [0.15, 0.2) is 0 Å². The Hall–Kier alpha value is 1.10. The van der Waals surface area contributed by atoms with Gasteiger partial charge in [0, 0.05) is 0 Å². The zero-order valence-corrected chi connectivity index (χ0v) is 6.73. The van der Waals surface area contributed by atoms with E-state index in [4.69, 9.17) is 34.1 Å². The first kappa shape index (κ1) is 8.10. The van der Waals surface area contributed by atoms with Crippen LogP contribution >= 0.6 is 39.9 Å². The fraction of sp³-hybridized carbons (Fsp3) is 1.00. The highest BCUT2D eigenvalue weighted by atomic mass is 35.9. The van der Waals surface area contributed by atoms with Crippen molar-refractivity contribution in [3.8, 4) is 0 Å². The standard InChI is InChI=1S/C2H4Cl3OP/c1-2(3)7(4,5)6/h2H,1H3. The van der Waals surface area contributed by atoms with E-state index in [1.807, 2.05) is 0 Å². The van der Waals surface area contributed by atoms with Crippen LogP contribution in [-0.4, -0.2) is 5.12 Å². The van der Waals surface area contributed by atoms with Gasteiger partial charge in [-0.3, -0.25) is 4.57 Å². The number of hydrogen-bond acceptors (Lipinski definition) is 1. The van der Waals surface area contributed by atoms with E-state index < -0.39 is 11.0 Å². The molecule has 0 bridgehead atoms. The van der Waals surface area contributed by atoms with Gasteiger partial charge in [0.1, 0.15) is 5.12 Å². The smallest absolute Gasteiger partial charge is 0.270 e. The molecule has 0 aromatic carbocycles. The molecule has 0 aliphatic rings. The van der Waals surface area contributed by atoms with Crippen molar-refractivity contribution < 1.29 is 4.57 Å². The highest BCUT2D eigenvalue weighted by Gasteiger charge is 2.20. The molecule has 0 heterocycles. The molecule has 1 unspecified atom stereocenters. The quantitative estimate of drug-likeness (QED) is 0.448. The van der Waals surface area contributed by atoms with Crippen molar-refractivity contribution in [1.29, 1.82) is 0 Å². The molecular weight excluding hydrogens is 177 g/mol. The van der Waals surface area contributed by atoms with E-state index >= 15 is 0 Å². The fourth-order valence-electron chi connectivity index (χ4n) is 0. The van der Waals surface area contributed by atoms with Crippen LogP contribution in [0.3, 0.4) is 0 Å². The van der Waals surface area contributed by atoms with Crippen LogP contribution in [0.2, 0.25) is 0 Å². The highest BCUT2D eigenvalue weighted by Crippen LogP contribution is 2.62. The second kappa shape index (κ2) is 2.59. The Bertz CT molecular complexity index is 95.1. The molecule has 0 spiro atoms. The lowest BCUT2D eigenvalue weighted by atomic mass is 11.0. The van der Waals surface area contributed by atoms with Gasteiger partial charge >= 0.3 is 0 Å². The lowest BCUT2D eigenvalue weighted by Gasteiger charge is -1.99. The summed E-state index contributed by atoms with van der Waals surface area (Å²) in [6.07, 6.45) is 0. The molecule has 0 aromatic heterocycles. The van der Waals surface area contributed by atoms with Crippen molar-refractivity contribution >= 4 is 39.9 Å². The summed E-state index contributed by atoms with van der Waals surface area (Å²) in [5.41, 5.74) is 0. The molecular formula is C2H4Cl3OP. The summed E-state index contributed by atoms with van der Waals surface area (Å²) in [6.45, 7) is 1.49. The lowest BCUT2D eigenvalue weighted by molar-refractivity contribution is 0.591. The molecule has 1 nitrogen and oxygen atoms in total. The molecule has 1 atom stereocenters. The average molecular weight is 181 g/mol. The summed E-state index contributed by atoms with van der Waals surface area (Å²) in [5.74, 6) is -3.03. The topological polar surface area (TPSA) is 17.1 Å². The van der Waals surface area contributed by atoms with E-state index in [1.165, 1.54) is 6.92 Å². The Morgan fingerprint density at radius 3 is 1.71 bits per heavy atom. The normalized spacial score (nSPS) is 16.6. The van der Waals surface area contributed by atoms with Gasteiger partial charge in [-0.25, -0.2) is 0 Å². The van der Waals surface area contributed by atoms with E-state index in [9.17, 15) is 4.57 Å². The van der Waals surface area contributed by atoms with Crippen molar-refractivity contribution in [3.63, 3.8) is 0 Å². The van der Waals surface area contributed by atoms with Crippen molar-refractivity contribution in [1.82, 2.24) is 0 Å². The molecule has 0 saturated heterocycles. The summed E-state index contributed by atoms with van der Waals surface area (Å²) >= 11 is 15.3. The maximum Gasteiger partial charge on any atom is 0.270 e. The van der Waals surface area contributed by atoms with Crippen LogP contribution in [0.1, 0.15) is 6.92 Å². The first-order valence-corrected chi connectivity index (χ1v) is 5.60. The SMILES string of the molecule is CC(Cl)P(=O)(Cl)Cl. The van der Waals surface area contributed by atoms with Crippen LogP contribution in [0.5, 0.6) is 0 Å². The van der Waals surface area contributed by atoms with E-state index in [1.54, 1.807) is 0 Å². The summed E-state index contributed by atoms with van der Waals surface area (Å²) in [5, 5.41) is -0.643. The van der Waals surface area contributed by atoms with Crippen LogP contribution in [0.25, 0.3) is 0 Å². The van der Waals surface area contributed by atoms with E-state index in [0.717, 1.165) is 0 Å². The minimum absolute atomic E-state index is 0.643. The predicted molar refractivity (Wildman–Crippen MR) is 34.6 cm³/mol. The van der Waals surface area contributed by atoms with Gasteiger partial charge in [-0.05, 0) is 29.4 Å². The maximum absolute atomic E-state index is 10.3. The Morgan fingerprint density at radius 2 is 1.71 bits per heavy atom. The highest BCUT2D eigenvalue weighted by molar-refractivity contribution is 8.09. The van der Waals surface area contributed by atoms with Crippen LogP contribution < -0.4 is 0 Å². The first-order valence-electron chi connectivity index (χ1n) is 1.57. The summed E-state index contributed by atoms with van der Waals surface area (Å²) in [4.78, 5) is 0. The van der Waals surface area contributed by atoms with Gasteiger partial charge in [0.2, 0.25) is 0 Å². The Balaban J connectivity index is 3.80. The van der Waals surface area contributed by atoms with Gasteiger partial charge in [-0.15, -0.1) is 11.6 Å². The van der Waals surface area contributed by atoms with Gasteiger partial charge < -0.3 is 0 Å². The number of hydrogen-bond donors (Lipinski definition) is 0. The summed E-state index contributed by atoms with van der Waals surface area (Å²) < 4.78 is 10.3. The molecule has 7 heavy (non-hydrogen) atoms. The number of halogens is 3. The van der Waals surface area contributed by atoms with E-state index in [2.05, 4.69) is 0 Å². The molecule has 0 saturated carbocycles. The zero-order chi connectivity index (χ0) is 6.08. The maximum atomic E-state index is 10.3. The minimum Gasteiger partial charge on any atom is -0.288 e. The monoisotopic (exact) mass is 180 g/mol. The molecule has 44 valence electrons. The Labute approximate surface area is 56.9 Å².